The van der Waals surface area contributed by atoms with Gasteiger partial charge in [-0.25, -0.2) is 13.1 Å². The van der Waals surface area contributed by atoms with E-state index in [1.54, 1.807) is 66.3 Å². The predicted octanol–water partition coefficient (Wildman–Crippen LogP) is 8.93. The normalized spacial score (nSPS) is 12.2. The minimum Gasteiger partial charge on any atom is -0.497 e. The summed E-state index contributed by atoms with van der Waals surface area (Å²) in [5, 5.41) is 8.33. The molecule has 0 radical (unpaired) electrons. The van der Waals surface area contributed by atoms with Crippen LogP contribution in [-0.4, -0.2) is 90.1 Å². The van der Waals surface area contributed by atoms with Gasteiger partial charge in [-0.15, -0.1) is 0 Å². The Hall–Kier alpha value is -6.57. The van der Waals surface area contributed by atoms with Crippen LogP contribution < -0.4 is 30.3 Å². The van der Waals surface area contributed by atoms with Gasteiger partial charge in [-0.3, -0.25) is 28.5 Å². The Kier molecular flexibility index (Phi) is 17.8. The fraction of sp³-hybridized carbons (Fsp3) is 0.333. The summed E-state index contributed by atoms with van der Waals surface area (Å²) in [6, 6.07) is 26.7. The van der Waals surface area contributed by atoms with E-state index < -0.39 is 25.0 Å². The highest BCUT2D eigenvalue weighted by atomic mass is 35.5. The molecular formula is C54H61ClN6O10S2. The molecule has 16 nitrogen and oxygen atoms in total. The lowest BCUT2D eigenvalue weighted by atomic mass is 9.93. The number of methoxy groups -OCH3 is 1. The molecule has 0 unspecified atom stereocenters. The number of halogens is 1. The van der Waals surface area contributed by atoms with Crippen molar-refractivity contribution < 1.29 is 44.9 Å². The number of ether oxygens (including phenoxy) is 1. The van der Waals surface area contributed by atoms with E-state index in [4.69, 9.17) is 20.8 Å². The molecular weight excluding hydrogens is 992 g/mol. The maximum Gasteiger partial charge on any atom is 0.295 e. The van der Waals surface area contributed by atoms with E-state index in [9.17, 15) is 35.8 Å². The van der Waals surface area contributed by atoms with Crippen molar-refractivity contribution in [2.75, 3.05) is 51.3 Å². The number of aromatic nitrogens is 1. The Labute approximate surface area is 430 Å². The average Bonchev–Trinajstić information content (AvgIpc) is 3.64. The highest BCUT2D eigenvalue weighted by molar-refractivity contribution is 7.89. The van der Waals surface area contributed by atoms with E-state index in [-0.39, 0.29) is 47.6 Å². The molecule has 0 saturated heterocycles. The average molecular weight is 1050 g/mol. The van der Waals surface area contributed by atoms with E-state index in [0.29, 0.717) is 118 Å². The number of carbonyl (C=O) groups is 3. The van der Waals surface area contributed by atoms with Gasteiger partial charge in [0, 0.05) is 107 Å². The molecule has 4 aromatic carbocycles. The van der Waals surface area contributed by atoms with Crippen molar-refractivity contribution in [2.24, 2.45) is 4.99 Å². The van der Waals surface area contributed by atoms with Crippen LogP contribution in [0.5, 0.6) is 5.75 Å². The summed E-state index contributed by atoms with van der Waals surface area (Å²) in [6.45, 7) is 10.7. The lowest BCUT2D eigenvalue weighted by Gasteiger charge is -2.23. The van der Waals surface area contributed by atoms with Gasteiger partial charge in [-0.1, -0.05) is 24.1 Å². The number of nitrogens with zero attached hydrogens (tertiary/aromatic N) is 3. The summed E-state index contributed by atoms with van der Waals surface area (Å²) in [5.74, 6) is 0.437. The van der Waals surface area contributed by atoms with Crippen LogP contribution in [0.4, 0.5) is 5.69 Å². The summed E-state index contributed by atoms with van der Waals surface area (Å²) in [7, 11) is -7.62. The monoisotopic (exact) mass is 1050 g/mol. The van der Waals surface area contributed by atoms with E-state index in [2.05, 4.69) is 25.2 Å². The number of amides is 2. The molecule has 5 aromatic rings. The molecule has 4 N–H and O–H groups in total. The van der Waals surface area contributed by atoms with Gasteiger partial charge in [0.05, 0.1) is 29.3 Å². The number of rotatable bonds is 23. The van der Waals surface area contributed by atoms with E-state index in [0.717, 1.165) is 30.2 Å². The number of nitrogens with one attached hydrogen (secondary N) is 3. The zero-order valence-corrected chi connectivity index (χ0v) is 44.0. The smallest absolute Gasteiger partial charge is 0.295 e. The molecule has 0 bridgehead atoms. The van der Waals surface area contributed by atoms with Gasteiger partial charge in [0.1, 0.15) is 22.0 Å². The van der Waals surface area contributed by atoms with Gasteiger partial charge in [0.2, 0.25) is 21.8 Å². The number of sulfonamides is 1. The molecule has 386 valence electrons. The summed E-state index contributed by atoms with van der Waals surface area (Å²) >= 11 is 6.05. The van der Waals surface area contributed by atoms with Crippen LogP contribution >= 0.6 is 11.6 Å². The van der Waals surface area contributed by atoms with Crippen molar-refractivity contribution >= 4 is 77.0 Å². The van der Waals surface area contributed by atoms with Crippen LogP contribution in [0.1, 0.15) is 80.9 Å². The van der Waals surface area contributed by atoms with Crippen LogP contribution in [0.2, 0.25) is 5.02 Å². The first-order valence-corrected chi connectivity index (χ1v) is 27.7. The molecule has 73 heavy (non-hydrogen) atoms. The maximum atomic E-state index is 13.6. The Morgan fingerprint density at radius 1 is 0.767 bits per heavy atom. The van der Waals surface area contributed by atoms with E-state index in [1.165, 1.54) is 12.1 Å². The molecule has 0 saturated carbocycles. The van der Waals surface area contributed by atoms with Crippen LogP contribution in [0.3, 0.4) is 0 Å². The molecule has 0 fully saturated rings. The zero-order chi connectivity index (χ0) is 52.5. The lowest BCUT2D eigenvalue weighted by Crippen LogP contribution is -2.28. The topological polar surface area (TPSA) is 219 Å². The molecule has 7 rings (SSSR count). The third-order valence-electron chi connectivity index (χ3n) is 12.8. The number of anilines is 1. The number of hydrogen-bond donors (Lipinski definition) is 4. The summed E-state index contributed by atoms with van der Waals surface area (Å²) in [6.07, 6.45) is 3.00. The molecule has 2 amide bonds. The van der Waals surface area contributed by atoms with Crippen molar-refractivity contribution in [3.8, 4) is 28.2 Å². The molecule has 0 spiro atoms. The fourth-order valence-corrected chi connectivity index (χ4v) is 11.0. The van der Waals surface area contributed by atoms with Crippen LogP contribution in [-0.2, 0) is 36.2 Å². The highest BCUT2D eigenvalue weighted by Gasteiger charge is 2.27. The first-order chi connectivity index (χ1) is 35.0. The van der Waals surface area contributed by atoms with Crippen LogP contribution in [0.15, 0.2) is 116 Å². The standard InChI is InChI=1S/C54H61ClN6O10S2/c1-6-56-38-19-23-42-48(30-38)71-49-31-39(60(7-2)8-3)20-24-43(49)53(42)44-25-22-41(33-50(44)73(67,68)69)72(65,66)59-29-11-9-10-14-51(62)57-27-12-13-28-58-52(63)34-45-35(4)61(47-26-21-40(70-5)32-46(45)47)54(64)36-15-17-37(55)18-16-36/h15-26,30-33,59H,6-14,27-29,34H2,1-5H3,(H,57,62)(H,58,63)(H,67,68,69)/b56-38-. The third kappa shape index (κ3) is 12.8. The minimum atomic E-state index is -4.95. The minimum absolute atomic E-state index is 0.0332. The second-order valence-electron chi connectivity index (χ2n) is 17.5. The van der Waals surface area contributed by atoms with Gasteiger partial charge in [0.25, 0.3) is 16.0 Å². The summed E-state index contributed by atoms with van der Waals surface area (Å²) in [4.78, 5) is 45.1. The van der Waals surface area contributed by atoms with Crippen LogP contribution in [0.25, 0.3) is 44.3 Å². The van der Waals surface area contributed by atoms with Gasteiger partial charge in [0.15, 0.2) is 0 Å². The van der Waals surface area contributed by atoms with Crippen molar-refractivity contribution in [3.63, 3.8) is 0 Å². The Morgan fingerprint density at radius 3 is 2.15 bits per heavy atom. The molecule has 1 aliphatic heterocycles. The van der Waals surface area contributed by atoms with Crippen molar-refractivity contribution in [1.82, 2.24) is 19.9 Å². The largest absolute Gasteiger partial charge is 0.497 e. The predicted molar refractivity (Wildman–Crippen MR) is 285 cm³/mol. The first-order valence-electron chi connectivity index (χ1n) is 24.4. The Morgan fingerprint density at radius 2 is 1.47 bits per heavy atom. The Balaban J connectivity index is 0.888. The van der Waals surface area contributed by atoms with E-state index in [1.807, 2.05) is 52.0 Å². The molecule has 2 aliphatic rings. The fourth-order valence-electron chi connectivity index (χ4n) is 9.00. The number of hydrogen-bond acceptors (Lipinski definition) is 11. The highest BCUT2D eigenvalue weighted by Crippen LogP contribution is 2.43. The van der Waals surface area contributed by atoms with Crippen molar-refractivity contribution in [3.05, 3.63) is 124 Å². The molecule has 2 heterocycles. The van der Waals surface area contributed by atoms with Gasteiger partial charge in [-0.2, -0.15) is 8.42 Å². The SMILES string of the molecule is CC/N=c1/ccc2c(-c3ccc(S(=O)(=O)NCCCCCC(=O)NCCCCNC(=O)Cc4c(C)n(C(=O)c5ccc(Cl)cc5)c5ccc(OC)cc45)cc3S(=O)(=O)O)c3ccc(N(CC)CC)cc3oc-2c1. The second kappa shape index (κ2) is 24.0. The van der Waals surface area contributed by atoms with Crippen LogP contribution in [0, 0.1) is 6.92 Å². The zero-order valence-electron chi connectivity index (χ0n) is 41.6. The van der Waals surface area contributed by atoms with Gasteiger partial charge >= 0.3 is 0 Å². The second-order valence-corrected chi connectivity index (χ2v) is 21.1. The quantitative estimate of drug-likeness (QED) is 0.0269. The van der Waals surface area contributed by atoms with E-state index >= 15 is 0 Å². The third-order valence-corrected chi connectivity index (χ3v) is 15.4. The number of unbranched alkanes of at least 4 members (excludes halogenated alkanes) is 3. The molecule has 19 heteroatoms. The summed E-state index contributed by atoms with van der Waals surface area (Å²) < 4.78 is 79.7. The maximum absolute atomic E-state index is 13.6. The number of carbonyl (C=O) groups excluding carboxylic acids is 3. The Bertz CT molecular complexity index is 3420. The van der Waals surface area contributed by atoms with Crippen molar-refractivity contribution in [2.45, 2.75) is 82.4 Å². The van der Waals surface area contributed by atoms with Crippen molar-refractivity contribution in [1.29, 1.82) is 0 Å². The lowest BCUT2D eigenvalue weighted by molar-refractivity contribution is -0.121. The molecule has 0 atom stereocenters. The number of benzene rings is 5. The summed E-state index contributed by atoms with van der Waals surface area (Å²) in [5.41, 5.74) is 4.94. The van der Waals surface area contributed by atoms with Gasteiger partial charge < -0.3 is 24.7 Å². The number of fused-ring (bicyclic) bond motifs is 3. The molecule has 1 aromatic heterocycles. The molecule has 1 aliphatic carbocycles. The van der Waals surface area contributed by atoms with Gasteiger partial charge in [-0.05, 0) is 138 Å². The first kappa shape index (κ1) is 54.2.